The maximum Gasteiger partial charge on any atom is 0.289 e. The van der Waals surface area contributed by atoms with Gasteiger partial charge in [-0.1, -0.05) is 0 Å². The minimum atomic E-state index is -1.02. The fraction of sp³-hybridized carbons (Fsp3) is 0.500. The van der Waals surface area contributed by atoms with Crippen molar-refractivity contribution in [2.45, 2.75) is 0 Å². The van der Waals surface area contributed by atoms with Crippen molar-refractivity contribution in [2.75, 3.05) is 6.86 Å². The lowest BCUT2D eigenvalue weighted by atomic mass is 11.4. The summed E-state index contributed by atoms with van der Waals surface area (Å²) in [7, 11) is 0. The zero-order valence-corrected chi connectivity index (χ0v) is 2.44. The number of nitriles is 1. The van der Waals surface area contributed by atoms with Crippen LogP contribution in [0.2, 0.25) is 0 Å². The highest BCUT2D eigenvalue weighted by molar-refractivity contribution is 4.40. The lowest BCUT2D eigenvalue weighted by Crippen LogP contribution is -1.70. The van der Waals surface area contributed by atoms with Crippen molar-refractivity contribution < 1.29 is 9.13 Å². The summed E-state index contributed by atoms with van der Waals surface area (Å²) in [4.78, 5) is 0. The first kappa shape index (κ1) is 4.22. The van der Waals surface area contributed by atoms with Crippen LogP contribution in [0.5, 0.6) is 0 Å². The third-order valence-corrected chi connectivity index (χ3v) is 0.119. The van der Waals surface area contributed by atoms with Gasteiger partial charge in [-0.05, 0) is 0 Å². The van der Waals surface area contributed by atoms with Crippen LogP contribution in [-0.4, -0.2) is 6.86 Å². The van der Waals surface area contributed by atoms with E-state index in [4.69, 9.17) is 5.26 Å². The Balaban J connectivity index is 2.48. The molecule has 28 valence electrons. The Kier molecular flexibility index (Phi) is 2.72. The first-order valence-corrected chi connectivity index (χ1v) is 0.984. The topological polar surface area (TPSA) is 33.0 Å². The number of nitrogens with zero attached hydrogens (tertiary/aromatic N) is 1. The second-order valence-corrected chi connectivity index (χ2v) is 0.345. The standard InChI is InChI=1S/C2H2FNO/c3-1-5-2-4/h1H2. The smallest absolute Gasteiger partial charge is 0.289 e. The minimum Gasteiger partial charge on any atom is -0.393 e. The molecule has 0 aliphatic heterocycles. The lowest BCUT2D eigenvalue weighted by molar-refractivity contribution is 0.156. The summed E-state index contributed by atoms with van der Waals surface area (Å²) >= 11 is 0. The Morgan fingerprint density at radius 2 is 2.60 bits per heavy atom. The molecule has 0 bridgehead atoms. The summed E-state index contributed by atoms with van der Waals surface area (Å²) < 4.78 is 14.0. The Morgan fingerprint density at radius 1 is 2.00 bits per heavy atom. The zero-order chi connectivity index (χ0) is 4.12. The summed E-state index contributed by atoms with van der Waals surface area (Å²) in [5, 5.41) is 7.35. The van der Waals surface area contributed by atoms with Gasteiger partial charge < -0.3 is 4.74 Å². The van der Waals surface area contributed by atoms with E-state index in [0.29, 0.717) is 0 Å². The van der Waals surface area contributed by atoms with E-state index in [1.807, 2.05) is 0 Å². The van der Waals surface area contributed by atoms with Gasteiger partial charge in [0.15, 0.2) is 0 Å². The number of hydrogen-bond acceptors (Lipinski definition) is 2. The molecule has 0 amide bonds. The van der Waals surface area contributed by atoms with Crippen molar-refractivity contribution in [3.05, 3.63) is 0 Å². The highest BCUT2D eigenvalue weighted by Crippen LogP contribution is 1.63. The van der Waals surface area contributed by atoms with Gasteiger partial charge in [0.05, 0.1) is 0 Å². The summed E-state index contributed by atoms with van der Waals surface area (Å²) in [6.07, 6.45) is 1.14. The number of hydrogen-bond donors (Lipinski definition) is 0. The van der Waals surface area contributed by atoms with Crippen molar-refractivity contribution in [3.8, 4) is 6.26 Å². The summed E-state index contributed by atoms with van der Waals surface area (Å²) in [5.41, 5.74) is 0. The van der Waals surface area contributed by atoms with Crippen LogP contribution in [0.25, 0.3) is 0 Å². The van der Waals surface area contributed by atoms with Crippen molar-refractivity contribution >= 4 is 0 Å². The second kappa shape index (κ2) is 3.22. The number of rotatable bonds is 1. The van der Waals surface area contributed by atoms with Crippen molar-refractivity contribution in [1.82, 2.24) is 0 Å². The quantitative estimate of drug-likeness (QED) is 0.423. The summed E-state index contributed by atoms with van der Waals surface area (Å²) in [5.74, 6) is 0. The Labute approximate surface area is 28.8 Å². The third-order valence-electron chi connectivity index (χ3n) is 0.119. The average Bonchev–Trinajstić information content (AvgIpc) is 1.41. The zero-order valence-electron chi connectivity index (χ0n) is 2.44. The van der Waals surface area contributed by atoms with Crippen LogP contribution in [0.4, 0.5) is 4.39 Å². The van der Waals surface area contributed by atoms with E-state index in [-0.39, 0.29) is 0 Å². The van der Waals surface area contributed by atoms with Crippen LogP contribution < -0.4 is 0 Å². The van der Waals surface area contributed by atoms with Gasteiger partial charge in [0.1, 0.15) is 0 Å². The molecule has 0 heterocycles. The molecular formula is C2H2FNO. The molecule has 0 atom stereocenters. The Bertz CT molecular complexity index is 48.1. The van der Waals surface area contributed by atoms with Crippen molar-refractivity contribution in [2.24, 2.45) is 0 Å². The highest BCUT2D eigenvalue weighted by atomic mass is 19.1. The number of ether oxygens (including phenoxy) is 1. The first-order chi connectivity index (χ1) is 2.41. The van der Waals surface area contributed by atoms with E-state index in [0.717, 1.165) is 6.26 Å². The maximum absolute atomic E-state index is 10.5. The van der Waals surface area contributed by atoms with Gasteiger partial charge >= 0.3 is 0 Å². The minimum absolute atomic E-state index is 1.02. The van der Waals surface area contributed by atoms with Gasteiger partial charge in [-0.3, -0.25) is 0 Å². The van der Waals surface area contributed by atoms with Crippen LogP contribution in [0.1, 0.15) is 0 Å². The monoisotopic (exact) mass is 75.0 g/mol. The van der Waals surface area contributed by atoms with Crippen LogP contribution in [0.15, 0.2) is 0 Å². The maximum atomic E-state index is 10.5. The molecule has 0 rings (SSSR count). The summed E-state index contributed by atoms with van der Waals surface area (Å²) in [6.45, 7) is -1.02. The molecule has 0 aliphatic carbocycles. The molecule has 2 nitrogen and oxygen atoms in total. The van der Waals surface area contributed by atoms with E-state index >= 15 is 0 Å². The van der Waals surface area contributed by atoms with E-state index in [9.17, 15) is 4.39 Å². The fourth-order valence-corrected chi connectivity index (χ4v) is 0.0244. The van der Waals surface area contributed by atoms with E-state index < -0.39 is 6.86 Å². The van der Waals surface area contributed by atoms with Gasteiger partial charge in [-0.15, -0.1) is 0 Å². The van der Waals surface area contributed by atoms with Gasteiger partial charge in [0, 0.05) is 0 Å². The SMILES string of the molecule is N#COCF. The predicted molar refractivity (Wildman–Crippen MR) is 12.7 cm³/mol. The first-order valence-electron chi connectivity index (χ1n) is 0.984. The van der Waals surface area contributed by atoms with Crippen LogP contribution in [-0.2, 0) is 4.74 Å². The molecule has 5 heavy (non-hydrogen) atoms. The van der Waals surface area contributed by atoms with Crippen LogP contribution in [0.3, 0.4) is 0 Å². The van der Waals surface area contributed by atoms with Gasteiger partial charge in [0.2, 0.25) is 6.86 Å². The van der Waals surface area contributed by atoms with Crippen molar-refractivity contribution in [3.63, 3.8) is 0 Å². The number of halogens is 1. The van der Waals surface area contributed by atoms with Crippen LogP contribution >= 0.6 is 0 Å². The molecule has 0 aliphatic rings. The highest BCUT2D eigenvalue weighted by Gasteiger charge is 1.64. The molecule has 0 aromatic rings. The third kappa shape index (κ3) is 3.22. The molecule has 0 saturated heterocycles. The van der Waals surface area contributed by atoms with Gasteiger partial charge in [-0.25, -0.2) is 4.39 Å². The predicted octanol–water partition coefficient (Wildman–Crippen LogP) is 0.411. The largest absolute Gasteiger partial charge is 0.393 e. The van der Waals surface area contributed by atoms with E-state index in [1.54, 1.807) is 0 Å². The molecule has 0 unspecified atom stereocenters. The molecule has 0 aromatic carbocycles. The lowest BCUT2D eigenvalue weighted by Gasteiger charge is -1.72. The average molecular weight is 75.0 g/mol. The Hall–Kier alpha value is -0.780. The number of alkyl halides is 1. The summed E-state index contributed by atoms with van der Waals surface area (Å²) in [6, 6.07) is 0. The van der Waals surface area contributed by atoms with Crippen LogP contribution in [0, 0.1) is 11.5 Å². The van der Waals surface area contributed by atoms with Gasteiger partial charge in [-0.2, -0.15) is 5.26 Å². The van der Waals surface area contributed by atoms with Gasteiger partial charge in [0.25, 0.3) is 6.26 Å². The normalized spacial score (nSPS) is 5.60. The second-order valence-electron chi connectivity index (χ2n) is 0.345. The molecule has 0 radical (unpaired) electrons. The molecule has 0 fully saturated rings. The van der Waals surface area contributed by atoms with E-state index in [1.165, 1.54) is 0 Å². The fourth-order valence-electron chi connectivity index (χ4n) is 0.0244. The molecule has 0 N–H and O–H groups in total. The molecule has 3 heteroatoms. The Morgan fingerprint density at radius 3 is 2.60 bits per heavy atom. The molecule has 0 aromatic heterocycles. The van der Waals surface area contributed by atoms with Crippen molar-refractivity contribution in [1.29, 1.82) is 5.26 Å². The van der Waals surface area contributed by atoms with E-state index in [2.05, 4.69) is 4.74 Å². The molecule has 0 spiro atoms. The molecule has 0 saturated carbocycles. The molecular weight excluding hydrogens is 73.0 g/mol.